The molecule has 1 aliphatic heterocycles. The molecule has 2 N–H and O–H groups in total. The van der Waals surface area contributed by atoms with Crippen molar-refractivity contribution in [3.63, 3.8) is 0 Å². The van der Waals surface area contributed by atoms with Crippen LogP contribution >= 0.6 is 11.6 Å². The summed E-state index contributed by atoms with van der Waals surface area (Å²) >= 11 is 6.17. The number of carbonyl (C=O) groups excluding carboxylic acids is 1. The van der Waals surface area contributed by atoms with E-state index >= 15 is 0 Å². The number of hydrogen-bond acceptors (Lipinski definition) is 2. The van der Waals surface area contributed by atoms with Crippen LogP contribution in [0.15, 0.2) is 48.5 Å². The van der Waals surface area contributed by atoms with Crippen molar-refractivity contribution in [1.29, 1.82) is 0 Å². The van der Waals surface area contributed by atoms with Crippen LogP contribution in [0.5, 0.6) is 0 Å². The summed E-state index contributed by atoms with van der Waals surface area (Å²) in [5.74, 6) is -0.00128. The van der Waals surface area contributed by atoms with Gasteiger partial charge >= 0.3 is 0 Å². The van der Waals surface area contributed by atoms with Crippen LogP contribution in [0.3, 0.4) is 0 Å². The molecule has 2 atom stereocenters. The number of para-hydroxylation sites is 1. The molecule has 0 aliphatic carbocycles. The summed E-state index contributed by atoms with van der Waals surface area (Å²) in [5, 5.41) is 6.96. The molecule has 0 aromatic heterocycles. The van der Waals surface area contributed by atoms with Crippen molar-refractivity contribution < 1.29 is 4.79 Å². The van der Waals surface area contributed by atoms with Crippen LogP contribution in [-0.4, -0.2) is 11.9 Å². The van der Waals surface area contributed by atoms with Gasteiger partial charge in [-0.3, -0.25) is 4.79 Å². The molecular weight excluding hydrogens is 284 g/mol. The summed E-state index contributed by atoms with van der Waals surface area (Å²) in [6.07, 6.45) is 0.719. The van der Waals surface area contributed by atoms with Crippen molar-refractivity contribution in [3.8, 4) is 0 Å². The van der Waals surface area contributed by atoms with Crippen LogP contribution in [0.25, 0.3) is 0 Å². The molecule has 0 spiro atoms. The van der Waals surface area contributed by atoms with Gasteiger partial charge in [0.15, 0.2) is 0 Å². The van der Waals surface area contributed by atoms with Crippen LogP contribution in [0, 0.1) is 0 Å². The van der Waals surface area contributed by atoms with Gasteiger partial charge in [-0.2, -0.15) is 0 Å². The number of hydrogen-bond donors (Lipinski definition) is 2. The summed E-state index contributed by atoms with van der Waals surface area (Å²) in [4.78, 5) is 12.4. The monoisotopic (exact) mass is 300 g/mol. The number of benzene rings is 2. The van der Waals surface area contributed by atoms with Gasteiger partial charge in [0.1, 0.15) is 6.04 Å². The lowest BCUT2D eigenvalue weighted by molar-refractivity contribution is -0.122. The molecule has 0 bridgehead atoms. The highest BCUT2D eigenvalue weighted by atomic mass is 35.5. The third kappa shape index (κ3) is 2.88. The van der Waals surface area contributed by atoms with Crippen molar-refractivity contribution in [2.45, 2.75) is 25.4 Å². The third-order valence-electron chi connectivity index (χ3n) is 3.82. The molecule has 1 amide bonds. The molecule has 4 heteroatoms. The molecule has 0 radical (unpaired) electrons. The molecule has 0 fully saturated rings. The molecule has 0 saturated carbocycles. The first-order valence-corrected chi connectivity index (χ1v) is 7.42. The molecule has 2 aromatic carbocycles. The number of anilines is 1. The van der Waals surface area contributed by atoms with E-state index in [1.165, 1.54) is 5.56 Å². The number of rotatable bonds is 3. The molecule has 1 aliphatic rings. The maximum absolute atomic E-state index is 12.4. The maximum Gasteiger partial charge on any atom is 0.243 e. The third-order valence-corrected chi connectivity index (χ3v) is 4.16. The molecule has 3 nitrogen and oxygen atoms in total. The summed E-state index contributed by atoms with van der Waals surface area (Å²) < 4.78 is 0. The lowest BCUT2D eigenvalue weighted by Crippen LogP contribution is -2.39. The lowest BCUT2D eigenvalue weighted by Gasteiger charge is -2.18. The Bertz CT molecular complexity index is 646. The molecule has 21 heavy (non-hydrogen) atoms. The molecule has 108 valence electrons. The minimum Gasteiger partial charge on any atom is -0.373 e. The van der Waals surface area contributed by atoms with E-state index in [1.807, 2.05) is 55.5 Å². The van der Waals surface area contributed by atoms with E-state index in [0.29, 0.717) is 5.02 Å². The van der Waals surface area contributed by atoms with Crippen molar-refractivity contribution in [3.05, 3.63) is 64.7 Å². The van der Waals surface area contributed by atoms with Gasteiger partial charge in [0.2, 0.25) is 5.91 Å². The van der Waals surface area contributed by atoms with E-state index in [9.17, 15) is 4.79 Å². The Morgan fingerprint density at radius 1 is 1.24 bits per heavy atom. The van der Waals surface area contributed by atoms with E-state index in [4.69, 9.17) is 11.6 Å². The number of fused-ring (bicyclic) bond motifs is 1. The molecule has 1 unspecified atom stereocenters. The second-order valence-corrected chi connectivity index (χ2v) is 5.72. The quantitative estimate of drug-likeness (QED) is 0.910. The number of carbonyl (C=O) groups is 1. The normalized spacial score (nSPS) is 17.7. The largest absolute Gasteiger partial charge is 0.373 e. The van der Waals surface area contributed by atoms with Crippen molar-refractivity contribution in [2.75, 3.05) is 5.32 Å². The Labute approximate surface area is 129 Å². The fourth-order valence-electron chi connectivity index (χ4n) is 2.67. The first-order chi connectivity index (χ1) is 10.1. The topological polar surface area (TPSA) is 41.1 Å². The van der Waals surface area contributed by atoms with Gasteiger partial charge in [0.25, 0.3) is 0 Å². The number of amides is 1. The predicted molar refractivity (Wildman–Crippen MR) is 85.6 cm³/mol. The highest BCUT2D eigenvalue weighted by Crippen LogP contribution is 2.26. The summed E-state index contributed by atoms with van der Waals surface area (Å²) in [6, 6.07) is 15.3. The Morgan fingerprint density at radius 3 is 2.71 bits per heavy atom. The first kappa shape index (κ1) is 14.0. The summed E-state index contributed by atoms with van der Waals surface area (Å²) in [7, 11) is 0. The Morgan fingerprint density at radius 2 is 1.95 bits per heavy atom. The van der Waals surface area contributed by atoms with E-state index in [0.717, 1.165) is 17.7 Å². The molecule has 2 aromatic rings. The lowest BCUT2D eigenvalue weighted by atomic mass is 10.1. The van der Waals surface area contributed by atoms with E-state index in [1.54, 1.807) is 0 Å². The zero-order valence-electron chi connectivity index (χ0n) is 11.8. The fraction of sp³-hybridized carbons (Fsp3) is 0.235. The number of halogens is 1. The molecule has 0 saturated heterocycles. The zero-order valence-corrected chi connectivity index (χ0v) is 12.5. The van der Waals surface area contributed by atoms with Gasteiger partial charge in [-0.1, -0.05) is 48.0 Å². The van der Waals surface area contributed by atoms with Gasteiger partial charge < -0.3 is 10.6 Å². The van der Waals surface area contributed by atoms with E-state index < -0.39 is 0 Å². The summed E-state index contributed by atoms with van der Waals surface area (Å²) in [5.41, 5.74) is 3.16. The zero-order chi connectivity index (χ0) is 14.8. The van der Waals surface area contributed by atoms with Crippen molar-refractivity contribution >= 4 is 23.2 Å². The Hall–Kier alpha value is -2.00. The van der Waals surface area contributed by atoms with Gasteiger partial charge in [0.05, 0.1) is 6.04 Å². The average molecular weight is 301 g/mol. The van der Waals surface area contributed by atoms with Crippen LogP contribution in [0.1, 0.15) is 24.1 Å². The SMILES string of the molecule is C[C@H](NC(=O)C1Cc2ccccc2N1)c1ccccc1Cl. The number of nitrogens with one attached hydrogen (secondary N) is 2. The highest BCUT2D eigenvalue weighted by Gasteiger charge is 2.27. The molecular formula is C17H17ClN2O. The molecule has 3 rings (SSSR count). The first-order valence-electron chi connectivity index (χ1n) is 7.04. The van der Waals surface area contributed by atoms with Gasteiger partial charge in [-0.15, -0.1) is 0 Å². The van der Waals surface area contributed by atoms with Gasteiger partial charge in [-0.05, 0) is 30.2 Å². The van der Waals surface area contributed by atoms with E-state index in [2.05, 4.69) is 10.6 Å². The second-order valence-electron chi connectivity index (χ2n) is 5.31. The van der Waals surface area contributed by atoms with Gasteiger partial charge in [-0.25, -0.2) is 0 Å². The maximum atomic E-state index is 12.4. The standard InChI is InChI=1S/C17H17ClN2O/c1-11(13-7-3-4-8-14(13)18)19-17(21)16-10-12-6-2-5-9-15(12)20-16/h2-9,11,16,20H,10H2,1H3,(H,19,21)/t11-,16?/m0/s1. The summed E-state index contributed by atoms with van der Waals surface area (Å²) in [6.45, 7) is 1.95. The average Bonchev–Trinajstić information content (AvgIpc) is 2.91. The van der Waals surface area contributed by atoms with Crippen LogP contribution in [0.4, 0.5) is 5.69 Å². The minimum atomic E-state index is -0.215. The van der Waals surface area contributed by atoms with Crippen molar-refractivity contribution in [1.82, 2.24) is 5.32 Å². The van der Waals surface area contributed by atoms with Crippen LogP contribution in [-0.2, 0) is 11.2 Å². The minimum absolute atomic E-state index is 0.00128. The fourth-order valence-corrected chi connectivity index (χ4v) is 2.97. The van der Waals surface area contributed by atoms with E-state index in [-0.39, 0.29) is 18.0 Å². The van der Waals surface area contributed by atoms with Crippen LogP contribution < -0.4 is 10.6 Å². The second kappa shape index (κ2) is 5.78. The molecule has 1 heterocycles. The smallest absolute Gasteiger partial charge is 0.243 e. The Balaban J connectivity index is 1.67. The van der Waals surface area contributed by atoms with Gasteiger partial charge in [0, 0.05) is 17.1 Å². The van der Waals surface area contributed by atoms with Crippen molar-refractivity contribution in [2.24, 2.45) is 0 Å². The highest BCUT2D eigenvalue weighted by molar-refractivity contribution is 6.31. The predicted octanol–water partition coefficient (Wildman–Crippen LogP) is 3.55. The Kier molecular flexibility index (Phi) is 3.84. The van der Waals surface area contributed by atoms with Crippen LogP contribution in [0.2, 0.25) is 5.02 Å².